The second-order valence-corrected chi connectivity index (χ2v) is 7.04. The number of rotatable bonds is 5. The number of anilines is 1. The lowest BCUT2D eigenvalue weighted by molar-refractivity contribution is 0.0973. The molecule has 0 aromatic heterocycles. The molecule has 25 heavy (non-hydrogen) atoms. The lowest BCUT2D eigenvalue weighted by Gasteiger charge is -2.14. The third kappa shape index (κ3) is 5.54. The van der Waals surface area contributed by atoms with Crippen molar-refractivity contribution in [2.24, 2.45) is 0 Å². The third-order valence-corrected chi connectivity index (χ3v) is 4.21. The number of benzene rings is 2. The summed E-state index contributed by atoms with van der Waals surface area (Å²) < 4.78 is 6.45. The van der Waals surface area contributed by atoms with Gasteiger partial charge in [-0.05, 0) is 67.9 Å². The van der Waals surface area contributed by atoms with Crippen LogP contribution in [0.25, 0.3) is 0 Å². The van der Waals surface area contributed by atoms with Gasteiger partial charge in [0, 0.05) is 10.2 Å². The van der Waals surface area contributed by atoms with Crippen molar-refractivity contribution in [3.8, 4) is 5.75 Å². The van der Waals surface area contributed by atoms with E-state index in [2.05, 4.69) is 26.6 Å². The molecule has 0 saturated carbocycles. The maximum absolute atomic E-state index is 12.6. The van der Waals surface area contributed by atoms with E-state index in [1.54, 1.807) is 12.1 Å². The predicted molar refractivity (Wildman–Crippen MR) is 110 cm³/mol. The number of carbonyl (C=O) groups excluding carboxylic acids is 1. The highest BCUT2D eigenvalue weighted by molar-refractivity contribution is 9.10. The van der Waals surface area contributed by atoms with Gasteiger partial charge in [0.1, 0.15) is 5.75 Å². The van der Waals surface area contributed by atoms with Crippen LogP contribution in [0.15, 0.2) is 40.9 Å². The van der Waals surface area contributed by atoms with Crippen molar-refractivity contribution in [3.63, 3.8) is 0 Å². The molecule has 0 bridgehead atoms. The van der Waals surface area contributed by atoms with Crippen molar-refractivity contribution < 1.29 is 9.53 Å². The van der Waals surface area contributed by atoms with Gasteiger partial charge >= 0.3 is 0 Å². The van der Waals surface area contributed by atoms with E-state index in [1.165, 1.54) is 0 Å². The van der Waals surface area contributed by atoms with Gasteiger partial charge in [0.05, 0.1) is 12.2 Å². The molecule has 0 atom stereocenters. The van der Waals surface area contributed by atoms with E-state index >= 15 is 0 Å². The van der Waals surface area contributed by atoms with E-state index in [-0.39, 0.29) is 11.0 Å². The van der Waals surface area contributed by atoms with Gasteiger partial charge in [-0.1, -0.05) is 35.0 Å². The van der Waals surface area contributed by atoms with Crippen LogP contribution in [0.5, 0.6) is 5.75 Å². The Morgan fingerprint density at radius 3 is 2.68 bits per heavy atom. The van der Waals surface area contributed by atoms with Crippen molar-refractivity contribution in [3.05, 3.63) is 57.6 Å². The van der Waals surface area contributed by atoms with Crippen molar-refractivity contribution in [1.29, 1.82) is 0 Å². The van der Waals surface area contributed by atoms with Gasteiger partial charge in [-0.3, -0.25) is 10.1 Å². The van der Waals surface area contributed by atoms with Crippen molar-refractivity contribution >= 4 is 44.9 Å². The molecule has 1 amide bonds. The summed E-state index contributed by atoms with van der Waals surface area (Å²) in [5.74, 6) is 0.229. The minimum Gasteiger partial charge on any atom is -0.493 e. The van der Waals surface area contributed by atoms with E-state index in [9.17, 15) is 4.79 Å². The fraction of sp³-hybridized carbons (Fsp3) is 0.263. The molecule has 0 fully saturated rings. The second kappa shape index (κ2) is 8.97. The smallest absolute Gasteiger partial charge is 0.261 e. The van der Waals surface area contributed by atoms with Crippen LogP contribution in [0, 0.1) is 13.8 Å². The monoisotopic (exact) mass is 420 g/mol. The zero-order valence-electron chi connectivity index (χ0n) is 14.5. The standard InChI is InChI=1S/C19H21BrN2O2S/c1-4-9-24-17-8-7-14(20)11-15(17)18(23)22-19(25)21-16-10-12(2)5-6-13(16)3/h5-8,10-11H,4,9H2,1-3H3,(H2,21,22,23,25). The number of aryl methyl sites for hydroxylation is 2. The lowest BCUT2D eigenvalue weighted by Crippen LogP contribution is -2.34. The highest BCUT2D eigenvalue weighted by Gasteiger charge is 2.15. The molecular formula is C19H21BrN2O2S. The number of ether oxygens (including phenoxy) is 1. The molecule has 0 aliphatic rings. The summed E-state index contributed by atoms with van der Waals surface area (Å²) in [6.07, 6.45) is 0.865. The number of halogens is 1. The van der Waals surface area contributed by atoms with Crippen molar-refractivity contribution in [2.75, 3.05) is 11.9 Å². The molecule has 4 nitrogen and oxygen atoms in total. The summed E-state index contributed by atoms with van der Waals surface area (Å²) in [5, 5.41) is 6.04. The van der Waals surface area contributed by atoms with Crippen molar-refractivity contribution in [2.45, 2.75) is 27.2 Å². The number of nitrogens with one attached hydrogen (secondary N) is 2. The Labute approximate surface area is 162 Å². The van der Waals surface area contributed by atoms with Crippen LogP contribution >= 0.6 is 28.1 Å². The normalized spacial score (nSPS) is 10.2. The van der Waals surface area contributed by atoms with E-state index in [1.807, 2.05) is 45.0 Å². The SMILES string of the molecule is CCCOc1ccc(Br)cc1C(=O)NC(=S)Nc1cc(C)ccc1C. The van der Waals surface area contributed by atoms with Crippen LogP contribution in [-0.2, 0) is 0 Å². The molecule has 0 heterocycles. The minimum absolute atomic E-state index is 0.250. The Bertz CT molecular complexity index is 793. The maximum Gasteiger partial charge on any atom is 0.261 e. The molecule has 0 radical (unpaired) electrons. The molecule has 2 aromatic rings. The number of amides is 1. The molecular weight excluding hydrogens is 400 g/mol. The summed E-state index contributed by atoms with van der Waals surface area (Å²) in [5.41, 5.74) is 3.48. The van der Waals surface area contributed by atoms with E-state index in [0.29, 0.717) is 17.9 Å². The highest BCUT2D eigenvalue weighted by Crippen LogP contribution is 2.23. The summed E-state index contributed by atoms with van der Waals surface area (Å²) >= 11 is 8.67. The lowest BCUT2D eigenvalue weighted by atomic mass is 10.1. The average molecular weight is 421 g/mol. The summed E-state index contributed by atoms with van der Waals surface area (Å²) in [7, 11) is 0. The maximum atomic E-state index is 12.6. The number of thiocarbonyl (C=S) groups is 1. The fourth-order valence-electron chi connectivity index (χ4n) is 2.21. The van der Waals surface area contributed by atoms with Crippen LogP contribution < -0.4 is 15.4 Å². The Balaban J connectivity index is 2.12. The van der Waals surface area contributed by atoms with Gasteiger partial charge < -0.3 is 10.1 Å². The van der Waals surface area contributed by atoms with Crippen LogP contribution in [0.3, 0.4) is 0 Å². The topological polar surface area (TPSA) is 50.4 Å². The Morgan fingerprint density at radius 2 is 1.96 bits per heavy atom. The molecule has 0 unspecified atom stereocenters. The second-order valence-electron chi connectivity index (χ2n) is 5.72. The first-order chi connectivity index (χ1) is 11.9. The molecule has 2 rings (SSSR count). The average Bonchev–Trinajstić information content (AvgIpc) is 2.57. The van der Waals surface area contributed by atoms with Gasteiger partial charge in [0.2, 0.25) is 0 Å². The molecule has 0 spiro atoms. The van der Waals surface area contributed by atoms with Crippen LogP contribution in [0.1, 0.15) is 34.8 Å². The first kappa shape index (κ1) is 19.4. The van der Waals surface area contributed by atoms with E-state index < -0.39 is 0 Å². The largest absolute Gasteiger partial charge is 0.493 e. The number of hydrogen-bond acceptors (Lipinski definition) is 3. The van der Waals surface area contributed by atoms with Crippen molar-refractivity contribution in [1.82, 2.24) is 5.32 Å². The molecule has 2 N–H and O–H groups in total. The molecule has 132 valence electrons. The zero-order valence-corrected chi connectivity index (χ0v) is 16.9. The summed E-state index contributed by atoms with van der Waals surface area (Å²) in [6.45, 7) is 6.55. The minimum atomic E-state index is -0.310. The molecule has 6 heteroatoms. The van der Waals surface area contributed by atoms with E-state index in [0.717, 1.165) is 27.7 Å². The summed E-state index contributed by atoms with van der Waals surface area (Å²) in [4.78, 5) is 12.6. The molecule has 0 saturated heterocycles. The third-order valence-electron chi connectivity index (χ3n) is 3.52. The molecule has 0 aliphatic heterocycles. The van der Waals surface area contributed by atoms with Gasteiger partial charge in [0.15, 0.2) is 5.11 Å². The van der Waals surface area contributed by atoms with Gasteiger partial charge in [-0.25, -0.2) is 0 Å². The van der Waals surface area contributed by atoms with Gasteiger partial charge in [-0.2, -0.15) is 0 Å². The first-order valence-electron chi connectivity index (χ1n) is 8.02. The van der Waals surface area contributed by atoms with Gasteiger partial charge in [-0.15, -0.1) is 0 Å². The van der Waals surface area contributed by atoms with Crippen LogP contribution in [0.4, 0.5) is 5.69 Å². The van der Waals surface area contributed by atoms with E-state index in [4.69, 9.17) is 17.0 Å². The summed E-state index contributed by atoms with van der Waals surface area (Å²) in [6, 6.07) is 11.4. The quantitative estimate of drug-likeness (QED) is 0.669. The van der Waals surface area contributed by atoms with Gasteiger partial charge in [0.25, 0.3) is 5.91 Å². The Hall–Kier alpha value is -1.92. The zero-order chi connectivity index (χ0) is 18.4. The Morgan fingerprint density at radius 1 is 1.20 bits per heavy atom. The van der Waals surface area contributed by atoms with Crippen LogP contribution in [-0.4, -0.2) is 17.6 Å². The van der Waals surface area contributed by atoms with Crippen LogP contribution in [0.2, 0.25) is 0 Å². The Kier molecular flexibility index (Phi) is 6.96. The predicted octanol–water partition coefficient (Wildman–Crippen LogP) is 4.98. The molecule has 2 aromatic carbocycles. The fourth-order valence-corrected chi connectivity index (χ4v) is 2.78. The number of carbonyl (C=O) groups is 1. The number of hydrogen-bond donors (Lipinski definition) is 2. The highest BCUT2D eigenvalue weighted by atomic mass is 79.9. The molecule has 0 aliphatic carbocycles. The first-order valence-corrected chi connectivity index (χ1v) is 9.22.